The molecule has 3 amide bonds. The molecular weight excluding hydrogens is 348 g/mol. The molecule has 9 heteroatoms. The molecule has 0 spiro atoms. The number of nitrogens with zero attached hydrogens (tertiary/aromatic N) is 4. The van der Waals surface area contributed by atoms with Gasteiger partial charge in [-0.25, -0.2) is 4.79 Å². The van der Waals surface area contributed by atoms with Crippen LogP contribution < -0.4 is 10.6 Å². The lowest BCUT2D eigenvalue weighted by atomic mass is 10.1. The second-order valence-corrected chi connectivity index (χ2v) is 6.87. The number of fused-ring (bicyclic) bond motifs is 1. The maximum Gasteiger partial charge on any atom is 0.321 e. The van der Waals surface area contributed by atoms with Crippen LogP contribution in [-0.4, -0.2) is 70.7 Å². The Morgan fingerprint density at radius 2 is 2.11 bits per heavy atom. The van der Waals surface area contributed by atoms with Crippen LogP contribution in [0.4, 0.5) is 10.5 Å². The van der Waals surface area contributed by atoms with E-state index in [1.165, 1.54) is 0 Å². The molecule has 1 unspecified atom stereocenters. The molecule has 1 aromatic heterocycles. The van der Waals surface area contributed by atoms with E-state index in [4.69, 9.17) is 4.42 Å². The summed E-state index contributed by atoms with van der Waals surface area (Å²) < 4.78 is 5.46. The highest BCUT2D eigenvalue weighted by Gasteiger charge is 2.36. The average Bonchev–Trinajstić information content (AvgIpc) is 3.10. The SMILES string of the molecule is Cc1nnc(-c2ccc(C)c(NC(=O)N3CCN4CCNC(=O)C4C3)c2)o1. The van der Waals surface area contributed by atoms with Crippen molar-refractivity contribution in [1.29, 1.82) is 0 Å². The first-order valence-corrected chi connectivity index (χ1v) is 9.00. The van der Waals surface area contributed by atoms with Crippen molar-refractivity contribution >= 4 is 17.6 Å². The van der Waals surface area contributed by atoms with Gasteiger partial charge >= 0.3 is 6.03 Å². The van der Waals surface area contributed by atoms with E-state index in [-0.39, 0.29) is 18.0 Å². The molecule has 1 atom stereocenters. The number of carbonyl (C=O) groups is 2. The third-order valence-corrected chi connectivity index (χ3v) is 5.03. The van der Waals surface area contributed by atoms with Crippen LogP contribution in [0.15, 0.2) is 22.6 Å². The Bertz CT molecular complexity index is 880. The molecule has 9 nitrogen and oxygen atoms in total. The lowest BCUT2D eigenvalue weighted by molar-refractivity contribution is -0.131. The molecule has 4 rings (SSSR count). The quantitative estimate of drug-likeness (QED) is 0.817. The van der Waals surface area contributed by atoms with Gasteiger partial charge in [0.25, 0.3) is 0 Å². The predicted molar refractivity (Wildman–Crippen MR) is 98.2 cm³/mol. The van der Waals surface area contributed by atoms with Gasteiger partial charge in [-0.2, -0.15) is 0 Å². The number of urea groups is 1. The van der Waals surface area contributed by atoms with Gasteiger partial charge < -0.3 is 20.0 Å². The molecule has 1 aromatic carbocycles. The summed E-state index contributed by atoms with van der Waals surface area (Å²) in [4.78, 5) is 28.7. The highest BCUT2D eigenvalue weighted by atomic mass is 16.4. The summed E-state index contributed by atoms with van der Waals surface area (Å²) in [5.41, 5.74) is 2.36. The van der Waals surface area contributed by atoms with Crippen LogP contribution >= 0.6 is 0 Å². The van der Waals surface area contributed by atoms with E-state index >= 15 is 0 Å². The zero-order valence-electron chi connectivity index (χ0n) is 15.4. The summed E-state index contributed by atoms with van der Waals surface area (Å²) in [6.07, 6.45) is 0. The molecule has 2 aliphatic rings. The average molecular weight is 370 g/mol. The number of aromatic nitrogens is 2. The normalized spacial score (nSPS) is 20.1. The predicted octanol–water partition coefficient (Wildman–Crippen LogP) is 1.00. The zero-order chi connectivity index (χ0) is 19.0. The number of hydrogen-bond acceptors (Lipinski definition) is 6. The lowest BCUT2D eigenvalue weighted by Gasteiger charge is -2.42. The van der Waals surface area contributed by atoms with Gasteiger partial charge in [0.05, 0.1) is 0 Å². The van der Waals surface area contributed by atoms with E-state index in [1.54, 1.807) is 11.8 Å². The number of carbonyl (C=O) groups excluding carboxylic acids is 2. The van der Waals surface area contributed by atoms with Crippen LogP contribution in [0.2, 0.25) is 0 Å². The Morgan fingerprint density at radius 1 is 1.26 bits per heavy atom. The van der Waals surface area contributed by atoms with Gasteiger partial charge in [-0.15, -0.1) is 10.2 Å². The fourth-order valence-electron chi connectivity index (χ4n) is 3.46. The molecule has 3 heterocycles. The van der Waals surface area contributed by atoms with Crippen molar-refractivity contribution in [2.45, 2.75) is 19.9 Å². The second kappa shape index (κ2) is 6.99. The van der Waals surface area contributed by atoms with E-state index in [2.05, 4.69) is 25.7 Å². The highest BCUT2D eigenvalue weighted by Crippen LogP contribution is 2.25. The van der Waals surface area contributed by atoms with Crippen molar-refractivity contribution in [3.8, 4) is 11.5 Å². The van der Waals surface area contributed by atoms with Crippen molar-refractivity contribution < 1.29 is 14.0 Å². The number of nitrogens with one attached hydrogen (secondary N) is 2. The smallest absolute Gasteiger partial charge is 0.321 e. The number of anilines is 1. The van der Waals surface area contributed by atoms with Gasteiger partial charge in [-0.05, 0) is 24.6 Å². The summed E-state index contributed by atoms with van der Waals surface area (Å²) >= 11 is 0. The molecule has 2 aromatic rings. The number of rotatable bonds is 2. The van der Waals surface area contributed by atoms with Crippen LogP contribution in [0.1, 0.15) is 11.5 Å². The van der Waals surface area contributed by atoms with Gasteiger partial charge in [-0.3, -0.25) is 9.69 Å². The van der Waals surface area contributed by atoms with Crippen LogP contribution in [0.25, 0.3) is 11.5 Å². The van der Waals surface area contributed by atoms with Crippen LogP contribution in [0, 0.1) is 13.8 Å². The van der Waals surface area contributed by atoms with E-state index in [9.17, 15) is 9.59 Å². The van der Waals surface area contributed by atoms with E-state index in [0.29, 0.717) is 43.6 Å². The minimum atomic E-state index is -0.271. The van der Waals surface area contributed by atoms with Gasteiger partial charge in [0.15, 0.2) is 0 Å². The van der Waals surface area contributed by atoms with Crippen molar-refractivity contribution in [3.63, 3.8) is 0 Å². The van der Waals surface area contributed by atoms with Gasteiger partial charge in [0, 0.05) is 50.9 Å². The summed E-state index contributed by atoms with van der Waals surface area (Å²) in [7, 11) is 0. The fourth-order valence-corrected chi connectivity index (χ4v) is 3.46. The first kappa shape index (κ1) is 17.5. The third kappa shape index (κ3) is 3.50. The lowest BCUT2D eigenvalue weighted by Crippen LogP contribution is -2.64. The first-order chi connectivity index (χ1) is 13.0. The largest absolute Gasteiger partial charge is 0.421 e. The van der Waals surface area contributed by atoms with Gasteiger partial charge in [0.1, 0.15) is 6.04 Å². The topological polar surface area (TPSA) is 104 Å². The monoisotopic (exact) mass is 370 g/mol. The first-order valence-electron chi connectivity index (χ1n) is 9.00. The van der Waals surface area contributed by atoms with Crippen LogP contribution in [0.5, 0.6) is 0 Å². The van der Waals surface area contributed by atoms with E-state index < -0.39 is 0 Å². The number of amides is 3. The maximum atomic E-state index is 12.8. The van der Waals surface area contributed by atoms with Crippen molar-refractivity contribution in [1.82, 2.24) is 25.3 Å². The Kier molecular flexibility index (Phi) is 4.53. The van der Waals surface area contributed by atoms with Crippen molar-refractivity contribution in [2.24, 2.45) is 0 Å². The molecule has 0 radical (unpaired) electrons. The summed E-state index contributed by atoms with van der Waals surface area (Å²) in [6.45, 7) is 6.83. The molecule has 2 aliphatic heterocycles. The highest BCUT2D eigenvalue weighted by molar-refractivity contribution is 5.92. The zero-order valence-corrected chi connectivity index (χ0v) is 15.4. The summed E-state index contributed by atoms with van der Waals surface area (Å²) in [5, 5.41) is 13.7. The number of piperazine rings is 2. The van der Waals surface area contributed by atoms with E-state index in [1.807, 2.05) is 25.1 Å². The molecule has 2 fully saturated rings. The van der Waals surface area contributed by atoms with Crippen LogP contribution in [-0.2, 0) is 4.79 Å². The third-order valence-electron chi connectivity index (χ3n) is 5.03. The van der Waals surface area contributed by atoms with E-state index in [0.717, 1.165) is 17.7 Å². The molecule has 142 valence electrons. The molecule has 0 saturated carbocycles. The van der Waals surface area contributed by atoms with Crippen LogP contribution in [0.3, 0.4) is 0 Å². The molecule has 27 heavy (non-hydrogen) atoms. The summed E-state index contributed by atoms with van der Waals surface area (Å²) in [5.74, 6) is 0.888. The Hall–Kier alpha value is -2.94. The van der Waals surface area contributed by atoms with Crippen molar-refractivity contribution in [2.75, 3.05) is 38.0 Å². The molecule has 0 bridgehead atoms. The number of aryl methyl sites for hydroxylation is 2. The summed E-state index contributed by atoms with van der Waals surface area (Å²) in [6, 6.07) is 5.12. The van der Waals surface area contributed by atoms with Gasteiger partial charge in [-0.1, -0.05) is 6.07 Å². The molecule has 2 N–H and O–H groups in total. The Balaban J connectivity index is 1.48. The Labute approximate surface area is 156 Å². The standard InChI is InChI=1S/C18H22N6O3/c1-11-3-4-13(17-22-21-12(2)27-17)9-14(11)20-18(26)24-8-7-23-6-5-19-16(25)15(23)10-24/h3-4,9,15H,5-8,10H2,1-2H3,(H,19,25)(H,20,26). The molecule has 2 saturated heterocycles. The number of benzene rings is 1. The van der Waals surface area contributed by atoms with Crippen molar-refractivity contribution in [3.05, 3.63) is 29.7 Å². The molecule has 0 aliphatic carbocycles. The molecular formula is C18H22N6O3. The number of hydrogen-bond donors (Lipinski definition) is 2. The Morgan fingerprint density at radius 3 is 2.89 bits per heavy atom. The minimum absolute atomic E-state index is 0.0105. The fraction of sp³-hybridized carbons (Fsp3) is 0.444. The van der Waals surface area contributed by atoms with Gasteiger partial charge in [0.2, 0.25) is 17.7 Å². The second-order valence-electron chi connectivity index (χ2n) is 6.87. The maximum absolute atomic E-state index is 12.8. The minimum Gasteiger partial charge on any atom is -0.421 e.